The molecule has 1 aromatic rings. The van der Waals surface area contributed by atoms with Crippen molar-refractivity contribution in [2.45, 2.75) is 44.3 Å². The van der Waals surface area contributed by atoms with Gasteiger partial charge < -0.3 is 10.0 Å². The van der Waals surface area contributed by atoms with Gasteiger partial charge in [0.15, 0.2) is 0 Å². The molecule has 7 nitrogen and oxygen atoms in total. The van der Waals surface area contributed by atoms with Gasteiger partial charge in [0.05, 0.1) is 6.54 Å². The van der Waals surface area contributed by atoms with E-state index in [1.54, 1.807) is 12.1 Å². The fraction of sp³-hybridized carbons (Fsp3) is 0.579. The summed E-state index contributed by atoms with van der Waals surface area (Å²) in [6.07, 6.45) is 2.19. The molecular formula is C19H27FN4O3. The van der Waals surface area contributed by atoms with Crippen molar-refractivity contribution in [3.63, 3.8) is 0 Å². The van der Waals surface area contributed by atoms with Crippen LogP contribution in [0.5, 0.6) is 0 Å². The van der Waals surface area contributed by atoms with Crippen LogP contribution in [0.1, 0.15) is 37.8 Å². The Kier molecular flexibility index (Phi) is 6.41. The topological polar surface area (TPSA) is 84.9 Å². The third kappa shape index (κ3) is 4.82. The van der Waals surface area contributed by atoms with Gasteiger partial charge in [0, 0.05) is 25.2 Å². The van der Waals surface area contributed by atoms with E-state index in [4.69, 9.17) is 5.11 Å². The van der Waals surface area contributed by atoms with Crippen molar-refractivity contribution in [3.05, 3.63) is 35.6 Å². The van der Waals surface area contributed by atoms with Crippen LogP contribution in [0.4, 0.5) is 4.39 Å². The van der Waals surface area contributed by atoms with Gasteiger partial charge in [-0.3, -0.25) is 14.5 Å². The predicted octanol–water partition coefficient (Wildman–Crippen LogP) is 1.13. The fourth-order valence-corrected chi connectivity index (χ4v) is 3.98. The van der Waals surface area contributed by atoms with Crippen molar-refractivity contribution in [2.75, 3.05) is 26.2 Å². The third-order valence-electron chi connectivity index (χ3n) is 5.51. The van der Waals surface area contributed by atoms with E-state index in [-0.39, 0.29) is 36.4 Å². The maximum atomic E-state index is 13.1. The molecule has 2 saturated heterocycles. The van der Waals surface area contributed by atoms with E-state index in [1.807, 2.05) is 16.7 Å². The van der Waals surface area contributed by atoms with Crippen molar-refractivity contribution in [1.29, 1.82) is 0 Å². The summed E-state index contributed by atoms with van der Waals surface area (Å²) in [5.74, 6) is -1.03. The summed E-state index contributed by atoms with van der Waals surface area (Å²) in [4.78, 5) is 27.6. The van der Waals surface area contributed by atoms with E-state index in [0.717, 1.165) is 18.4 Å². The van der Waals surface area contributed by atoms with E-state index in [9.17, 15) is 14.0 Å². The number of likely N-dealkylation sites (tertiary alicyclic amines) is 1. The second kappa shape index (κ2) is 8.77. The van der Waals surface area contributed by atoms with Crippen LogP contribution >= 0.6 is 0 Å². The summed E-state index contributed by atoms with van der Waals surface area (Å²) in [7, 11) is 0. The lowest BCUT2D eigenvalue weighted by Crippen LogP contribution is -2.52. The molecule has 1 amide bonds. The number of amides is 1. The second-order valence-corrected chi connectivity index (χ2v) is 7.19. The lowest BCUT2D eigenvalue weighted by atomic mass is 9.99. The molecule has 148 valence electrons. The van der Waals surface area contributed by atoms with Crippen LogP contribution in [-0.2, 0) is 9.59 Å². The van der Waals surface area contributed by atoms with Crippen LogP contribution in [0.15, 0.2) is 24.3 Å². The summed E-state index contributed by atoms with van der Waals surface area (Å²) < 4.78 is 13.1. The van der Waals surface area contributed by atoms with Gasteiger partial charge in [-0.05, 0) is 43.5 Å². The molecule has 0 aromatic heterocycles. The number of nitrogens with one attached hydrogen (secondary N) is 2. The molecule has 3 rings (SSSR count). The van der Waals surface area contributed by atoms with Crippen molar-refractivity contribution in [2.24, 2.45) is 0 Å². The van der Waals surface area contributed by atoms with Crippen LogP contribution in [0, 0.1) is 5.82 Å². The molecular weight excluding hydrogens is 351 g/mol. The number of hydrazine groups is 1. The van der Waals surface area contributed by atoms with Gasteiger partial charge in [0.2, 0.25) is 5.91 Å². The van der Waals surface area contributed by atoms with Gasteiger partial charge in [0.1, 0.15) is 11.9 Å². The molecule has 0 bridgehead atoms. The molecule has 1 aromatic carbocycles. The largest absolute Gasteiger partial charge is 0.480 e. The Morgan fingerprint density at radius 2 is 1.89 bits per heavy atom. The van der Waals surface area contributed by atoms with Gasteiger partial charge in [0.25, 0.3) is 0 Å². The number of piperidine rings is 1. The lowest BCUT2D eigenvalue weighted by Gasteiger charge is -2.38. The number of nitrogens with zero attached hydrogens (tertiary/aromatic N) is 2. The van der Waals surface area contributed by atoms with Crippen molar-refractivity contribution < 1.29 is 19.1 Å². The normalized spacial score (nSPS) is 23.7. The fourth-order valence-electron chi connectivity index (χ4n) is 3.98. The molecule has 2 aliphatic heterocycles. The van der Waals surface area contributed by atoms with E-state index in [1.165, 1.54) is 12.1 Å². The van der Waals surface area contributed by atoms with E-state index in [2.05, 4.69) is 10.9 Å². The Labute approximate surface area is 158 Å². The minimum Gasteiger partial charge on any atom is -0.480 e. The number of rotatable bonds is 6. The molecule has 2 heterocycles. The quantitative estimate of drug-likeness (QED) is 0.688. The number of hydrogen-bond donors (Lipinski definition) is 3. The summed E-state index contributed by atoms with van der Waals surface area (Å²) in [6.45, 7) is 3.98. The number of aliphatic carboxylic acids is 1. The summed E-state index contributed by atoms with van der Waals surface area (Å²) in [6, 6.07) is 6.18. The molecule has 27 heavy (non-hydrogen) atoms. The van der Waals surface area contributed by atoms with Crippen LogP contribution < -0.4 is 10.9 Å². The first-order valence-corrected chi connectivity index (χ1v) is 9.49. The highest BCUT2D eigenvalue weighted by Crippen LogP contribution is 2.25. The van der Waals surface area contributed by atoms with Crippen molar-refractivity contribution in [3.8, 4) is 0 Å². The van der Waals surface area contributed by atoms with Crippen LogP contribution in [0.25, 0.3) is 0 Å². The summed E-state index contributed by atoms with van der Waals surface area (Å²) >= 11 is 0. The first-order chi connectivity index (χ1) is 13.0. The minimum absolute atomic E-state index is 0.0248. The average molecular weight is 378 g/mol. The number of carboxylic acids is 1. The standard InChI is InChI=1S/C19H27FN4O3/c1-2-23(12-18(25)26)15-7-9-24(10-8-15)19(27)17-11-16(21-22-17)13-3-5-14(20)6-4-13/h3-6,15-17,21-22H,2,7-12H2,1H3,(H,25,26). The minimum atomic E-state index is -0.816. The molecule has 2 fully saturated rings. The molecule has 2 aliphatic rings. The van der Waals surface area contributed by atoms with E-state index >= 15 is 0 Å². The molecule has 0 radical (unpaired) electrons. The summed E-state index contributed by atoms with van der Waals surface area (Å²) in [5, 5.41) is 9.02. The van der Waals surface area contributed by atoms with Crippen molar-refractivity contribution in [1.82, 2.24) is 20.7 Å². The Morgan fingerprint density at radius 1 is 1.22 bits per heavy atom. The Bertz CT molecular complexity index is 661. The molecule has 0 aliphatic carbocycles. The molecule has 2 atom stereocenters. The zero-order valence-corrected chi connectivity index (χ0v) is 15.5. The SMILES string of the molecule is CCN(CC(=O)O)C1CCN(C(=O)C2CC(c3ccc(F)cc3)NN2)CC1. The number of carbonyl (C=O) groups excluding carboxylic acids is 1. The number of halogens is 1. The highest BCUT2D eigenvalue weighted by Gasteiger charge is 2.35. The molecule has 0 spiro atoms. The summed E-state index contributed by atoms with van der Waals surface area (Å²) in [5.41, 5.74) is 7.14. The smallest absolute Gasteiger partial charge is 0.317 e. The van der Waals surface area contributed by atoms with Gasteiger partial charge in [-0.15, -0.1) is 0 Å². The third-order valence-corrected chi connectivity index (χ3v) is 5.51. The second-order valence-electron chi connectivity index (χ2n) is 7.19. The van der Waals surface area contributed by atoms with Gasteiger partial charge >= 0.3 is 5.97 Å². The van der Waals surface area contributed by atoms with Gasteiger partial charge in [-0.2, -0.15) is 0 Å². The first-order valence-electron chi connectivity index (χ1n) is 9.49. The predicted molar refractivity (Wildman–Crippen MR) is 98.3 cm³/mol. The lowest BCUT2D eigenvalue weighted by molar-refractivity contribution is -0.140. The Balaban J connectivity index is 1.51. The van der Waals surface area contributed by atoms with E-state index < -0.39 is 5.97 Å². The maximum Gasteiger partial charge on any atom is 0.317 e. The molecule has 3 N–H and O–H groups in total. The van der Waals surface area contributed by atoms with Crippen molar-refractivity contribution >= 4 is 11.9 Å². The van der Waals surface area contributed by atoms with Crippen LogP contribution in [0.3, 0.4) is 0 Å². The average Bonchev–Trinajstić information content (AvgIpc) is 3.16. The van der Waals surface area contributed by atoms with Crippen LogP contribution in [0.2, 0.25) is 0 Å². The van der Waals surface area contributed by atoms with Crippen LogP contribution in [-0.4, -0.2) is 65.0 Å². The molecule has 0 saturated carbocycles. The zero-order chi connectivity index (χ0) is 19.4. The zero-order valence-electron chi connectivity index (χ0n) is 15.5. The monoisotopic (exact) mass is 378 g/mol. The van der Waals surface area contributed by atoms with E-state index in [0.29, 0.717) is 26.1 Å². The van der Waals surface area contributed by atoms with Gasteiger partial charge in [-0.25, -0.2) is 15.2 Å². The number of benzene rings is 1. The van der Waals surface area contributed by atoms with Gasteiger partial charge in [-0.1, -0.05) is 19.1 Å². The molecule has 2 unspecified atom stereocenters. The highest BCUT2D eigenvalue weighted by atomic mass is 19.1. The number of likely N-dealkylation sites (N-methyl/N-ethyl adjacent to an activating group) is 1. The molecule has 8 heteroatoms. The highest BCUT2D eigenvalue weighted by molar-refractivity contribution is 5.82. The Morgan fingerprint density at radius 3 is 2.48 bits per heavy atom. The number of hydrogen-bond acceptors (Lipinski definition) is 5. The first kappa shape index (κ1) is 19.7. The number of carboxylic acid groups (broad SMARTS) is 1. The Hall–Kier alpha value is -2.03. The maximum absolute atomic E-state index is 13.1. The number of carbonyl (C=O) groups is 2.